The van der Waals surface area contributed by atoms with Gasteiger partial charge in [0.25, 0.3) is 0 Å². The molecular weight excluding hydrogens is 158 g/mol. The van der Waals surface area contributed by atoms with Crippen molar-refractivity contribution < 1.29 is 0 Å². The Hall–Kier alpha value is -1.50. The van der Waals surface area contributed by atoms with E-state index in [1.54, 1.807) is 0 Å². The Labute approximate surface area is 77.4 Å². The number of fused-ring (bicyclic) bond motifs is 1. The van der Waals surface area contributed by atoms with Crippen molar-refractivity contribution in [1.82, 2.24) is 4.98 Å². The third-order valence-corrected chi connectivity index (χ3v) is 2.35. The molecule has 0 saturated heterocycles. The minimum absolute atomic E-state index is 1.21. The van der Waals surface area contributed by atoms with Crippen LogP contribution in [0, 0.1) is 0 Å². The molecule has 1 heteroatoms. The lowest BCUT2D eigenvalue weighted by molar-refractivity contribution is 1.28. The molecule has 66 valence electrons. The molecule has 1 nitrogen and oxygen atoms in total. The van der Waals surface area contributed by atoms with E-state index in [1.807, 2.05) is 0 Å². The van der Waals surface area contributed by atoms with Crippen molar-refractivity contribution in [1.29, 1.82) is 0 Å². The van der Waals surface area contributed by atoms with Gasteiger partial charge in [-0.2, -0.15) is 0 Å². The number of aromatic amines is 1. The summed E-state index contributed by atoms with van der Waals surface area (Å²) in [6.07, 6.45) is 4.21. The molecule has 0 radical (unpaired) electrons. The van der Waals surface area contributed by atoms with Crippen LogP contribution in [0.5, 0.6) is 0 Å². The minimum atomic E-state index is 1.21. The predicted octanol–water partition coefficient (Wildman–Crippen LogP) is 1.77. The van der Waals surface area contributed by atoms with Crippen LogP contribution in [0.25, 0.3) is 22.9 Å². The fourth-order valence-corrected chi connectivity index (χ4v) is 1.69. The first-order chi connectivity index (χ1) is 6.36. The van der Waals surface area contributed by atoms with E-state index < -0.39 is 0 Å². The van der Waals surface area contributed by atoms with Gasteiger partial charge in [0.2, 0.25) is 0 Å². The van der Waals surface area contributed by atoms with Crippen LogP contribution in [-0.2, 0) is 0 Å². The zero-order valence-electron chi connectivity index (χ0n) is 7.96. The second-order valence-corrected chi connectivity index (χ2v) is 3.08. The van der Waals surface area contributed by atoms with Gasteiger partial charge in [0.1, 0.15) is 0 Å². The first-order valence-corrected chi connectivity index (χ1v) is 4.56. The number of nitrogens with one attached hydrogen (secondary N) is 1. The second-order valence-electron chi connectivity index (χ2n) is 3.08. The van der Waals surface area contributed by atoms with Crippen LogP contribution in [0.3, 0.4) is 0 Å². The molecule has 1 aromatic heterocycles. The van der Waals surface area contributed by atoms with Crippen LogP contribution in [-0.4, -0.2) is 4.98 Å². The van der Waals surface area contributed by atoms with Gasteiger partial charge >= 0.3 is 0 Å². The highest BCUT2D eigenvalue weighted by Gasteiger charge is 1.96. The van der Waals surface area contributed by atoms with Gasteiger partial charge in [-0.1, -0.05) is 36.4 Å². The van der Waals surface area contributed by atoms with Crippen LogP contribution in [0.1, 0.15) is 13.8 Å². The van der Waals surface area contributed by atoms with Crippen LogP contribution in [0.2, 0.25) is 0 Å². The summed E-state index contributed by atoms with van der Waals surface area (Å²) < 4.78 is 0. The average molecular weight is 171 g/mol. The minimum Gasteiger partial charge on any atom is -0.355 e. The van der Waals surface area contributed by atoms with Crippen molar-refractivity contribution in [2.24, 2.45) is 0 Å². The molecule has 0 aliphatic rings. The molecule has 0 saturated carbocycles. The van der Waals surface area contributed by atoms with Gasteiger partial charge in [-0.05, 0) is 13.8 Å². The van der Waals surface area contributed by atoms with E-state index in [0.29, 0.717) is 0 Å². The molecule has 0 bridgehead atoms. The summed E-state index contributed by atoms with van der Waals surface area (Å²) >= 11 is 0. The van der Waals surface area contributed by atoms with Gasteiger partial charge in [-0.25, -0.2) is 0 Å². The van der Waals surface area contributed by atoms with Crippen LogP contribution >= 0.6 is 0 Å². The maximum atomic E-state index is 3.38. The number of H-pyrrole nitrogens is 1. The highest BCUT2D eigenvalue weighted by atomic mass is 14.7. The average Bonchev–Trinajstić information content (AvgIpc) is 2.56. The molecule has 0 aliphatic heterocycles. The first kappa shape index (κ1) is 8.11. The molecule has 1 aromatic carbocycles. The van der Waals surface area contributed by atoms with E-state index in [1.165, 1.54) is 21.5 Å². The maximum absolute atomic E-state index is 3.38. The molecule has 0 spiro atoms. The van der Waals surface area contributed by atoms with Gasteiger partial charge < -0.3 is 4.98 Å². The summed E-state index contributed by atoms with van der Waals surface area (Å²) in [5, 5.41) is 5.03. The smallest absolute Gasteiger partial charge is 0.0421 e. The third kappa shape index (κ3) is 1.17. The summed E-state index contributed by atoms with van der Waals surface area (Å²) in [5.41, 5.74) is 0. The normalized spacial score (nSPS) is 14.3. The predicted molar refractivity (Wildman–Crippen MR) is 57.8 cm³/mol. The zero-order valence-corrected chi connectivity index (χ0v) is 7.96. The van der Waals surface area contributed by atoms with E-state index in [4.69, 9.17) is 0 Å². The van der Waals surface area contributed by atoms with Crippen LogP contribution < -0.4 is 10.7 Å². The quantitative estimate of drug-likeness (QED) is 0.621. The Bertz CT molecular complexity index is 484. The lowest BCUT2D eigenvalue weighted by Gasteiger charge is -1.85. The molecule has 0 unspecified atom stereocenters. The molecule has 1 N–H and O–H groups in total. The Balaban J connectivity index is 3.09. The van der Waals surface area contributed by atoms with Gasteiger partial charge in [-0.15, -0.1) is 0 Å². The van der Waals surface area contributed by atoms with Gasteiger partial charge in [-0.3, -0.25) is 0 Å². The monoisotopic (exact) mass is 171 g/mol. The van der Waals surface area contributed by atoms with Crippen molar-refractivity contribution in [2.45, 2.75) is 13.8 Å². The van der Waals surface area contributed by atoms with Crippen molar-refractivity contribution in [3.05, 3.63) is 35.0 Å². The van der Waals surface area contributed by atoms with Crippen molar-refractivity contribution in [3.8, 4) is 0 Å². The molecule has 0 atom stereocenters. The summed E-state index contributed by atoms with van der Waals surface area (Å²) in [4.78, 5) is 3.38. The van der Waals surface area contributed by atoms with Crippen molar-refractivity contribution in [3.63, 3.8) is 0 Å². The molecule has 2 aromatic rings. The number of benzene rings is 1. The summed E-state index contributed by atoms with van der Waals surface area (Å²) in [6, 6.07) is 8.44. The van der Waals surface area contributed by atoms with Gasteiger partial charge in [0.15, 0.2) is 0 Å². The second kappa shape index (κ2) is 3.09. The first-order valence-electron chi connectivity index (χ1n) is 4.56. The molecule has 0 amide bonds. The number of hydrogen-bond donors (Lipinski definition) is 1. The number of hydrogen-bond acceptors (Lipinski definition) is 0. The van der Waals surface area contributed by atoms with E-state index in [0.717, 1.165) is 0 Å². The number of aromatic nitrogens is 1. The Morgan fingerprint density at radius 3 is 1.77 bits per heavy atom. The third-order valence-electron chi connectivity index (χ3n) is 2.35. The summed E-state index contributed by atoms with van der Waals surface area (Å²) in [6.45, 7) is 4.11. The molecule has 0 fully saturated rings. The topological polar surface area (TPSA) is 15.8 Å². The fraction of sp³-hybridized carbons (Fsp3) is 0.167. The highest BCUT2D eigenvalue weighted by molar-refractivity contribution is 5.84. The van der Waals surface area contributed by atoms with Gasteiger partial charge in [0.05, 0.1) is 0 Å². The van der Waals surface area contributed by atoms with E-state index in [-0.39, 0.29) is 0 Å². The lowest BCUT2D eigenvalue weighted by Crippen LogP contribution is -2.08. The maximum Gasteiger partial charge on any atom is 0.0421 e. The lowest BCUT2D eigenvalue weighted by atomic mass is 10.2. The summed E-state index contributed by atoms with van der Waals surface area (Å²) in [7, 11) is 0. The van der Waals surface area contributed by atoms with E-state index in [9.17, 15) is 0 Å². The zero-order chi connectivity index (χ0) is 9.26. The molecule has 0 aliphatic carbocycles. The highest BCUT2D eigenvalue weighted by Crippen LogP contribution is 2.02. The Morgan fingerprint density at radius 2 is 1.38 bits per heavy atom. The number of rotatable bonds is 0. The standard InChI is InChI=1S/C12H13N/c1-3-11-9-7-5-6-8-10(9)12(4-2)13-11/h3-8,13H,1-2H3. The Morgan fingerprint density at radius 1 is 0.923 bits per heavy atom. The van der Waals surface area contributed by atoms with Crippen molar-refractivity contribution in [2.75, 3.05) is 0 Å². The summed E-state index contributed by atoms with van der Waals surface area (Å²) in [5.74, 6) is 0. The Kier molecular flexibility index (Phi) is 1.93. The SMILES string of the molecule is CC=c1[nH]c(=CC)c2ccccc12. The molecule has 13 heavy (non-hydrogen) atoms. The largest absolute Gasteiger partial charge is 0.355 e. The van der Waals surface area contributed by atoms with Gasteiger partial charge in [0, 0.05) is 21.5 Å². The van der Waals surface area contributed by atoms with Crippen LogP contribution in [0.4, 0.5) is 0 Å². The molecule has 1 heterocycles. The van der Waals surface area contributed by atoms with Crippen molar-refractivity contribution >= 4 is 22.9 Å². The molecular formula is C12H13N. The fourth-order valence-electron chi connectivity index (χ4n) is 1.69. The molecule has 2 rings (SSSR count). The van der Waals surface area contributed by atoms with Crippen LogP contribution in [0.15, 0.2) is 24.3 Å². The van der Waals surface area contributed by atoms with E-state index >= 15 is 0 Å². The van der Waals surface area contributed by atoms with E-state index in [2.05, 4.69) is 55.2 Å².